The molecule has 0 spiro atoms. The fourth-order valence-electron chi connectivity index (χ4n) is 6.21. The molecule has 0 heterocycles. The predicted molar refractivity (Wildman–Crippen MR) is 223 cm³/mol. The van der Waals surface area contributed by atoms with Crippen molar-refractivity contribution in [3.8, 4) is 0 Å². The number of phosphoric acid groups is 1. The Morgan fingerprint density at radius 2 is 1.08 bits per heavy atom. The van der Waals surface area contributed by atoms with Gasteiger partial charge in [0.1, 0.15) is 0 Å². The molecule has 6 N–H and O–H groups in total. The second-order valence-electron chi connectivity index (χ2n) is 14.7. The second kappa shape index (κ2) is 38.9. The van der Waals surface area contributed by atoms with Crippen molar-refractivity contribution in [3.05, 3.63) is 36.5 Å². The molecule has 0 bridgehead atoms. The number of nitrogens with two attached hydrogens (primary N) is 1. The first-order valence-corrected chi connectivity index (χ1v) is 23.2. The largest absolute Gasteiger partial charge is 0.472 e. The highest BCUT2D eigenvalue weighted by atomic mass is 31.2. The highest BCUT2D eigenvalue weighted by molar-refractivity contribution is 7.47. The van der Waals surface area contributed by atoms with E-state index in [0.29, 0.717) is 12.8 Å². The monoisotopic (exact) mass is 771 g/mol. The van der Waals surface area contributed by atoms with E-state index < -0.39 is 38.6 Å². The lowest BCUT2D eigenvalue weighted by molar-refractivity contribution is -0.124. The van der Waals surface area contributed by atoms with Crippen LogP contribution < -0.4 is 11.1 Å². The van der Waals surface area contributed by atoms with Crippen LogP contribution in [0.15, 0.2) is 36.5 Å². The van der Waals surface area contributed by atoms with Crippen LogP contribution in [0.2, 0.25) is 0 Å². The number of allylic oxidation sites excluding steroid dienone is 5. The van der Waals surface area contributed by atoms with Crippen molar-refractivity contribution in [1.82, 2.24) is 5.32 Å². The first-order chi connectivity index (χ1) is 25.8. The Labute approximate surface area is 325 Å². The molecule has 0 fully saturated rings. The van der Waals surface area contributed by atoms with Crippen molar-refractivity contribution in [2.24, 2.45) is 5.73 Å². The first-order valence-electron chi connectivity index (χ1n) is 21.7. The summed E-state index contributed by atoms with van der Waals surface area (Å²) < 4.78 is 22.0. The molecule has 0 aromatic heterocycles. The number of carbonyl (C=O) groups is 1. The zero-order chi connectivity index (χ0) is 39.1. The zero-order valence-corrected chi connectivity index (χ0v) is 35.0. The van der Waals surface area contributed by atoms with Gasteiger partial charge < -0.3 is 26.2 Å². The number of aliphatic hydroxyl groups is 2. The van der Waals surface area contributed by atoms with Gasteiger partial charge in [-0.2, -0.15) is 0 Å². The van der Waals surface area contributed by atoms with Gasteiger partial charge in [0.2, 0.25) is 5.91 Å². The van der Waals surface area contributed by atoms with Crippen molar-refractivity contribution in [2.45, 2.75) is 212 Å². The van der Waals surface area contributed by atoms with Crippen LogP contribution in [0.3, 0.4) is 0 Å². The molecule has 0 saturated carbocycles. The number of nitrogens with one attached hydrogen (secondary N) is 1. The Bertz CT molecular complexity index is 946. The molecular weight excluding hydrogens is 687 g/mol. The summed E-state index contributed by atoms with van der Waals surface area (Å²) >= 11 is 0. The fraction of sp³-hybridized carbons (Fsp3) is 0.837. The topological polar surface area (TPSA) is 151 Å². The van der Waals surface area contributed by atoms with E-state index in [1.54, 1.807) is 6.08 Å². The van der Waals surface area contributed by atoms with Gasteiger partial charge in [-0.1, -0.05) is 179 Å². The van der Waals surface area contributed by atoms with Crippen LogP contribution in [0, 0.1) is 0 Å². The van der Waals surface area contributed by atoms with Crippen LogP contribution in [-0.2, 0) is 18.4 Å². The predicted octanol–water partition coefficient (Wildman–Crippen LogP) is 10.9. The summed E-state index contributed by atoms with van der Waals surface area (Å²) in [4.78, 5) is 22.7. The molecule has 312 valence electrons. The summed E-state index contributed by atoms with van der Waals surface area (Å²) in [5.41, 5.74) is 5.35. The van der Waals surface area contributed by atoms with Crippen LogP contribution in [-0.4, -0.2) is 59.0 Å². The molecule has 0 saturated heterocycles. The number of hydrogen-bond acceptors (Lipinski definition) is 7. The van der Waals surface area contributed by atoms with Crippen molar-refractivity contribution in [2.75, 3.05) is 19.8 Å². The maximum absolute atomic E-state index is 12.8. The fourth-order valence-corrected chi connectivity index (χ4v) is 6.97. The number of carbonyl (C=O) groups excluding carboxylic acids is 1. The van der Waals surface area contributed by atoms with E-state index in [9.17, 15) is 24.5 Å². The SMILES string of the molecule is CCCCCCCCCCCC/C=C/CC/C=C/CC/C=C/C(O)C(COP(=O)(O)OCCN)NC(=O)CC(O)CCCCCCCCCCCCC. The van der Waals surface area contributed by atoms with Crippen LogP contribution in [0.4, 0.5) is 0 Å². The highest BCUT2D eigenvalue weighted by Crippen LogP contribution is 2.43. The molecule has 0 aliphatic rings. The lowest BCUT2D eigenvalue weighted by atomic mass is 10.0. The summed E-state index contributed by atoms with van der Waals surface area (Å²) in [6.07, 6.45) is 42.4. The highest BCUT2D eigenvalue weighted by Gasteiger charge is 2.27. The van der Waals surface area contributed by atoms with E-state index in [4.69, 9.17) is 14.8 Å². The zero-order valence-electron chi connectivity index (χ0n) is 34.1. The Balaban J connectivity index is 4.40. The van der Waals surface area contributed by atoms with E-state index in [1.165, 1.54) is 116 Å². The van der Waals surface area contributed by atoms with Crippen LogP contribution in [0.1, 0.15) is 194 Å². The molecule has 10 heteroatoms. The smallest absolute Gasteiger partial charge is 0.393 e. The third kappa shape index (κ3) is 37.4. The van der Waals surface area contributed by atoms with Gasteiger partial charge in [0.15, 0.2) is 0 Å². The molecule has 4 unspecified atom stereocenters. The minimum atomic E-state index is -4.41. The van der Waals surface area contributed by atoms with E-state index >= 15 is 0 Å². The number of unbranched alkanes of at least 4 members (excludes halogenated alkanes) is 22. The van der Waals surface area contributed by atoms with Crippen molar-refractivity contribution in [1.29, 1.82) is 0 Å². The Hall–Kier alpha value is -1.32. The van der Waals surface area contributed by atoms with E-state index in [-0.39, 0.29) is 19.6 Å². The van der Waals surface area contributed by atoms with Crippen molar-refractivity contribution in [3.63, 3.8) is 0 Å². The number of rotatable bonds is 40. The van der Waals surface area contributed by atoms with Gasteiger partial charge in [-0.3, -0.25) is 13.8 Å². The number of aliphatic hydroxyl groups excluding tert-OH is 2. The summed E-state index contributed by atoms with van der Waals surface area (Å²) in [6.45, 7) is 3.93. The average Bonchev–Trinajstić information content (AvgIpc) is 3.13. The molecule has 0 radical (unpaired) electrons. The molecular formula is C43H83N2O7P. The summed E-state index contributed by atoms with van der Waals surface area (Å²) in [7, 11) is -4.41. The average molecular weight is 771 g/mol. The quantitative estimate of drug-likeness (QED) is 0.0235. The molecule has 9 nitrogen and oxygen atoms in total. The summed E-state index contributed by atoms with van der Waals surface area (Å²) in [5.74, 6) is -0.460. The van der Waals surface area contributed by atoms with Gasteiger partial charge in [-0.15, -0.1) is 0 Å². The third-order valence-electron chi connectivity index (χ3n) is 9.50. The molecule has 4 atom stereocenters. The maximum atomic E-state index is 12.8. The Morgan fingerprint density at radius 1 is 0.642 bits per heavy atom. The normalized spacial score (nSPS) is 15.1. The minimum Gasteiger partial charge on any atom is -0.393 e. The number of phosphoric ester groups is 1. The van der Waals surface area contributed by atoms with Gasteiger partial charge >= 0.3 is 7.82 Å². The van der Waals surface area contributed by atoms with E-state index in [2.05, 4.69) is 43.5 Å². The maximum Gasteiger partial charge on any atom is 0.472 e. The summed E-state index contributed by atoms with van der Waals surface area (Å²) in [5, 5.41) is 24.0. The van der Waals surface area contributed by atoms with Crippen LogP contribution >= 0.6 is 7.82 Å². The molecule has 0 aromatic carbocycles. The van der Waals surface area contributed by atoms with E-state index in [1.807, 2.05) is 6.08 Å². The molecule has 0 aliphatic carbocycles. The van der Waals surface area contributed by atoms with Crippen LogP contribution in [0.5, 0.6) is 0 Å². The molecule has 0 aromatic rings. The van der Waals surface area contributed by atoms with Gasteiger partial charge in [0, 0.05) is 6.54 Å². The third-order valence-corrected chi connectivity index (χ3v) is 10.5. The molecule has 53 heavy (non-hydrogen) atoms. The van der Waals surface area contributed by atoms with Crippen molar-refractivity contribution < 1.29 is 33.5 Å². The second-order valence-corrected chi connectivity index (χ2v) is 16.2. The van der Waals surface area contributed by atoms with Gasteiger partial charge in [-0.25, -0.2) is 4.57 Å². The van der Waals surface area contributed by atoms with Gasteiger partial charge in [0.05, 0.1) is 37.9 Å². The molecule has 1 amide bonds. The first kappa shape index (κ1) is 51.7. The molecule has 0 rings (SSSR count). The minimum absolute atomic E-state index is 0.0427. The lowest BCUT2D eigenvalue weighted by Crippen LogP contribution is -2.46. The summed E-state index contributed by atoms with van der Waals surface area (Å²) in [6, 6.07) is -1.00. The Morgan fingerprint density at radius 3 is 1.57 bits per heavy atom. The lowest BCUT2D eigenvalue weighted by Gasteiger charge is -2.24. The van der Waals surface area contributed by atoms with E-state index in [0.717, 1.165) is 44.9 Å². The van der Waals surface area contributed by atoms with Crippen LogP contribution in [0.25, 0.3) is 0 Å². The van der Waals surface area contributed by atoms with Gasteiger partial charge in [0.25, 0.3) is 0 Å². The standard InChI is InChI=1S/C43H83N2O7P/c1-3-5-7-9-11-13-15-16-17-18-19-20-21-22-23-25-27-29-31-33-35-42(47)41(39-52-53(49,50)51-37-36-44)45-43(48)38-40(46)34-32-30-28-26-24-14-12-10-8-6-4-2/h20-21,25,27,33,35,40-42,46-47H,3-19,22-24,26,28-32,34,36-39,44H2,1-2H3,(H,45,48)(H,49,50)/b21-20+,27-25+,35-33+. The van der Waals surface area contributed by atoms with Gasteiger partial charge in [-0.05, 0) is 44.9 Å². The number of hydrogen-bond donors (Lipinski definition) is 5. The number of amides is 1. The molecule has 0 aliphatic heterocycles. The Kier molecular flexibility index (Phi) is 38.0. The van der Waals surface area contributed by atoms with Crippen molar-refractivity contribution >= 4 is 13.7 Å².